The molecule has 1 aromatic carbocycles. The third-order valence-electron chi connectivity index (χ3n) is 4.13. The lowest BCUT2D eigenvalue weighted by molar-refractivity contribution is -0.0169. The highest BCUT2D eigenvalue weighted by molar-refractivity contribution is 5.13. The second-order valence-corrected chi connectivity index (χ2v) is 5.82. The van der Waals surface area contributed by atoms with Gasteiger partial charge in [-0.1, -0.05) is 44.2 Å². The SMILES string of the molecule is CC(C)C1CCC(N)C(OCc2ccccc2)C1. The lowest BCUT2D eigenvalue weighted by Crippen LogP contribution is -2.42. The van der Waals surface area contributed by atoms with E-state index in [1.807, 2.05) is 6.07 Å². The van der Waals surface area contributed by atoms with E-state index in [1.165, 1.54) is 12.0 Å². The maximum absolute atomic E-state index is 6.18. The normalized spacial score (nSPS) is 28.6. The molecule has 0 aliphatic heterocycles. The van der Waals surface area contributed by atoms with Crippen molar-refractivity contribution in [3.63, 3.8) is 0 Å². The van der Waals surface area contributed by atoms with Crippen LogP contribution in [-0.2, 0) is 11.3 Å². The summed E-state index contributed by atoms with van der Waals surface area (Å²) in [6, 6.07) is 10.6. The summed E-state index contributed by atoms with van der Waals surface area (Å²) in [5.74, 6) is 1.51. The molecule has 1 aromatic rings. The number of hydrogen-bond donors (Lipinski definition) is 1. The van der Waals surface area contributed by atoms with Crippen LogP contribution >= 0.6 is 0 Å². The number of ether oxygens (including phenoxy) is 1. The Bertz CT molecular complexity index is 349. The molecule has 2 heteroatoms. The minimum Gasteiger partial charge on any atom is -0.372 e. The van der Waals surface area contributed by atoms with Gasteiger partial charge in [0.1, 0.15) is 0 Å². The van der Waals surface area contributed by atoms with Gasteiger partial charge < -0.3 is 10.5 Å². The van der Waals surface area contributed by atoms with Crippen molar-refractivity contribution >= 4 is 0 Å². The van der Waals surface area contributed by atoms with Crippen molar-refractivity contribution in [2.75, 3.05) is 0 Å². The standard InChI is InChI=1S/C16H25NO/c1-12(2)14-8-9-15(17)16(10-14)18-11-13-6-4-3-5-7-13/h3-7,12,14-16H,8-11,17H2,1-2H3. The summed E-state index contributed by atoms with van der Waals surface area (Å²) in [5, 5.41) is 0. The molecule has 1 aliphatic carbocycles. The smallest absolute Gasteiger partial charge is 0.0733 e. The molecule has 0 aromatic heterocycles. The lowest BCUT2D eigenvalue weighted by Gasteiger charge is -2.35. The molecule has 100 valence electrons. The van der Waals surface area contributed by atoms with Crippen molar-refractivity contribution in [3.8, 4) is 0 Å². The van der Waals surface area contributed by atoms with Gasteiger partial charge in [0, 0.05) is 6.04 Å². The van der Waals surface area contributed by atoms with Crippen LogP contribution in [0.3, 0.4) is 0 Å². The molecule has 1 saturated carbocycles. The topological polar surface area (TPSA) is 35.2 Å². The van der Waals surface area contributed by atoms with Gasteiger partial charge in [0.25, 0.3) is 0 Å². The van der Waals surface area contributed by atoms with E-state index in [4.69, 9.17) is 10.5 Å². The molecule has 0 radical (unpaired) electrons. The fourth-order valence-corrected chi connectivity index (χ4v) is 2.76. The number of hydrogen-bond acceptors (Lipinski definition) is 2. The molecule has 0 spiro atoms. The fourth-order valence-electron chi connectivity index (χ4n) is 2.76. The van der Waals surface area contributed by atoms with Crippen molar-refractivity contribution < 1.29 is 4.74 Å². The van der Waals surface area contributed by atoms with Gasteiger partial charge in [-0.05, 0) is 36.7 Å². The molecule has 2 rings (SSSR count). The van der Waals surface area contributed by atoms with Crippen molar-refractivity contribution in [1.29, 1.82) is 0 Å². The average molecular weight is 247 g/mol. The molecule has 0 bridgehead atoms. The Morgan fingerprint density at radius 3 is 2.61 bits per heavy atom. The quantitative estimate of drug-likeness (QED) is 0.885. The van der Waals surface area contributed by atoms with Crippen LogP contribution in [0.15, 0.2) is 30.3 Å². The Balaban J connectivity index is 1.87. The molecule has 3 atom stereocenters. The monoisotopic (exact) mass is 247 g/mol. The van der Waals surface area contributed by atoms with Crippen molar-refractivity contribution in [1.82, 2.24) is 0 Å². The minimum atomic E-state index is 0.212. The number of nitrogens with two attached hydrogens (primary N) is 1. The first kappa shape index (κ1) is 13.6. The largest absolute Gasteiger partial charge is 0.372 e. The Hall–Kier alpha value is -0.860. The molecular formula is C16H25NO. The van der Waals surface area contributed by atoms with Gasteiger partial charge in [0.05, 0.1) is 12.7 Å². The summed E-state index contributed by atoms with van der Waals surface area (Å²) in [7, 11) is 0. The highest BCUT2D eigenvalue weighted by atomic mass is 16.5. The lowest BCUT2D eigenvalue weighted by atomic mass is 9.78. The van der Waals surface area contributed by atoms with E-state index in [0.717, 1.165) is 24.7 Å². The fraction of sp³-hybridized carbons (Fsp3) is 0.625. The highest BCUT2D eigenvalue weighted by Crippen LogP contribution is 2.31. The highest BCUT2D eigenvalue weighted by Gasteiger charge is 2.30. The van der Waals surface area contributed by atoms with E-state index in [2.05, 4.69) is 38.1 Å². The predicted molar refractivity (Wildman–Crippen MR) is 75.2 cm³/mol. The summed E-state index contributed by atoms with van der Waals surface area (Å²) in [6.07, 6.45) is 3.70. The second-order valence-electron chi connectivity index (χ2n) is 5.82. The van der Waals surface area contributed by atoms with Crippen LogP contribution in [-0.4, -0.2) is 12.1 Å². The zero-order chi connectivity index (χ0) is 13.0. The molecule has 1 aliphatic rings. The van der Waals surface area contributed by atoms with E-state index in [1.54, 1.807) is 0 Å². The molecule has 2 nitrogen and oxygen atoms in total. The first-order valence-electron chi connectivity index (χ1n) is 7.08. The van der Waals surface area contributed by atoms with Crippen LogP contribution in [0.2, 0.25) is 0 Å². The van der Waals surface area contributed by atoms with Gasteiger partial charge in [-0.15, -0.1) is 0 Å². The van der Waals surface area contributed by atoms with Crippen LogP contribution < -0.4 is 5.73 Å². The third kappa shape index (κ3) is 3.56. The summed E-state index contributed by atoms with van der Waals surface area (Å²) in [5.41, 5.74) is 7.41. The molecular weight excluding hydrogens is 222 g/mol. The number of benzene rings is 1. The summed E-state index contributed by atoms with van der Waals surface area (Å²) >= 11 is 0. The van der Waals surface area contributed by atoms with E-state index >= 15 is 0 Å². The Labute approximate surface area is 111 Å². The number of rotatable bonds is 4. The van der Waals surface area contributed by atoms with Crippen LogP contribution in [0.4, 0.5) is 0 Å². The summed E-state index contributed by atoms with van der Waals surface area (Å²) in [6.45, 7) is 5.29. The third-order valence-corrected chi connectivity index (χ3v) is 4.13. The minimum absolute atomic E-state index is 0.212. The summed E-state index contributed by atoms with van der Waals surface area (Å²) < 4.78 is 6.04. The first-order valence-corrected chi connectivity index (χ1v) is 7.08. The Morgan fingerprint density at radius 2 is 1.94 bits per heavy atom. The van der Waals surface area contributed by atoms with Crippen LogP contribution in [0.5, 0.6) is 0 Å². The van der Waals surface area contributed by atoms with Crippen LogP contribution in [0.25, 0.3) is 0 Å². The molecule has 1 fully saturated rings. The van der Waals surface area contributed by atoms with Gasteiger partial charge in [0.2, 0.25) is 0 Å². The molecule has 0 amide bonds. The average Bonchev–Trinajstić information content (AvgIpc) is 2.38. The Morgan fingerprint density at radius 1 is 1.22 bits per heavy atom. The zero-order valence-electron chi connectivity index (χ0n) is 11.5. The van der Waals surface area contributed by atoms with Gasteiger partial charge in [0.15, 0.2) is 0 Å². The predicted octanol–water partition coefficient (Wildman–Crippen LogP) is 3.36. The van der Waals surface area contributed by atoms with Crippen LogP contribution in [0.1, 0.15) is 38.7 Å². The molecule has 18 heavy (non-hydrogen) atoms. The second kappa shape index (κ2) is 6.35. The first-order chi connectivity index (χ1) is 8.66. The van der Waals surface area contributed by atoms with Crippen molar-refractivity contribution in [2.45, 2.75) is 51.9 Å². The summed E-state index contributed by atoms with van der Waals surface area (Å²) in [4.78, 5) is 0. The van der Waals surface area contributed by atoms with Gasteiger partial charge >= 0.3 is 0 Å². The zero-order valence-corrected chi connectivity index (χ0v) is 11.5. The van der Waals surface area contributed by atoms with Crippen molar-refractivity contribution in [2.24, 2.45) is 17.6 Å². The van der Waals surface area contributed by atoms with Crippen LogP contribution in [0, 0.1) is 11.8 Å². The molecule has 0 heterocycles. The Kier molecular flexibility index (Phi) is 4.79. The molecule has 3 unspecified atom stereocenters. The maximum Gasteiger partial charge on any atom is 0.0733 e. The van der Waals surface area contributed by atoms with Gasteiger partial charge in [-0.2, -0.15) is 0 Å². The van der Waals surface area contributed by atoms with E-state index in [-0.39, 0.29) is 12.1 Å². The van der Waals surface area contributed by atoms with Gasteiger partial charge in [-0.3, -0.25) is 0 Å². The molecule has 0 saturated heterocycles. The molecule has 2 N–H and O–H groups in total. The van der Waals surface area contributed by atoms with Gasteiger partial charge in [-0.25, -0.2) is 0 Å². The van der Waals surface area contributed by atoms with E-state index in [9.17, 15) is 0 Å². The maximum atomic E-state index is 6.18. The van der Waals surface area contributed by atoms with E-state index < -0.39 is 0 Å². The van der Waals surface area contributed by atoms with E-state index in [0.29, 0.717) is 6.61 Å². The van der Waals surface area contributed by atoms with Crippen molar-refractivity contribution in [3.05, 3.63) is 35.9 Å².